The van der Waals surface area contributed by atoms with Crippen molar-refractivity contribution in [1.82, 2.24) is 20.2 Å². The minimum absolute atomic E-state index is 0.179. The number of imide groups is 1. The molecule has 7 rings (SSSR count). The lowest BCUT2D eigenvalue weighted by atomic mass is 9.78. The van der Waals surface area contributed by atoms with Crippen molar-refractivity contribution in [2.45, 2.75) is 70.6 Å². The number of anilines is 1. The number of fused-ring (bicyclic) bond motifs is 1. The number of nitrogens with one attached hydrogen (secondary N) is 1. The Bertz CT molecular complexity index is 1970. The zero-order chi connectivity index (χ0) is 36.6. The molecule has 270 valence electrons. The summed E-state index contributed by atoms with van der Waals surface area (Å²) in [5.41, 5.74) is 4.21. The van der Waals surface area contributed by atoms with Crippen LogP contribution in [0.5, 0.6) is 11.5 Å². The molecule has 0 spiro atoms. The molecule has 0 aliphatic carbocycles. The Labute approximate surface area is 302 Å². The van der Waals surface area contributed by atoms with Gasteiger partial charge in [0.15, 0.2) is 11.6 Å². The van der Waals surface area contributed by atoms with Gasteiger partial charge in [-0.25, -0.2) is 9.97 Å². The van der Waals surface area contributed by atoms with Gasteiger partial charge < -0.3 is 24.6 Å². The largest absolute Gasteiger partial charge is 0.493 e. The van der Waals surface area contributed by atoms with Gasteiger partial charge in [-0.3, -0.25) is 24.6 Å². The number of Topliss-reactive ketones (excluding diaryl/α,β-unsaturated/α-hetero) is 1. The highest BCUT2D eigenvalue weighted by Crippen LogP contribution is 2.35. The van der Waals surface area contributed by atoms with Gasteiger partial charge in [-0.15, -0.1) is 0 Å². The third kappa shape index (κ3) is 7.14. The first-order valence-electron chi connectivity index (χ1n) is 17.7. The van der Waals surface area contributed by atoms with E-state index in [1.54, 1.807) is 24.4 Å². The van der Waals surface area contributed by atoms with Gasteiger partial charge in [0, 0.05) is 43.2 Å². The second-order valence-corrected chi connectivity index (χ2v) is 14.3. The van der Waals surface area contributed by atoms with Gasteiger partial charge in [-0.2, -0.15) is 0 Å². The van der Waals surface area contributed by atoms with Crippen molar-refractivity contribution in [1.29, 1.82) is 0 Å². The minimum Gasteiger partial charge on any atom is -0.493 e. The molecule has 3 aromatic carbocycles. The van der Waals surface area contributed by atoms with Crippen molar-refractivity contribution in [3.05, 3.63) is 113 Å². The van der Waals surface area contributed by atoms with Gasteiger partial charge in [-0.05, 0) is 78.9 Å². The molecule has 4 heterocycles. The van der Waals surface area contributed by atoms with Gasteiger partial charge in [0.2, 0.25) is 0 Å². The fraction of sp³-hybridized carbons (Fsp3) is 0.375. The zero-order valence-corrected chi connectivity index (χ0v) is 29.5. The summed E-state index contributed by atoms with van der Waals surface area (Å²) in [6.45, 7) is 8.15. The Kier molecular flexibility index (Phi) is 9.80. The lowest BCUT2D eigenvalue weighted by Crippen LogP contribution is -2.58. The lowest BCUT2D eigenvalue weighted by molar-refractivity contribution is -0.0413. The second-order valence-electron chi connectivity index (χ2n) is 14.3. The molecule has 2 amide bonds. The number of aliphatic hydroxyl groups excluding tert-OH is 2. The van der Waals surface area contributed by atoms with E-state index < -0.39 is 30.3 Å². The average molecular weight is 706 g/mol. The van der Waals surface area contributed by atoms with E-state index in [4.69, 9.17) is 9.47 Å². The number of aromatic nitrogens is 2. The fourth-order valence-corrected chi connectivity index (χ4v) is 7.22. The van der Waals surface area contributed by atoms with Crippen molar-refractivity contribution >= 4 is 23.3 Å². The van der Waals surface area contributed by atoms with E-state index in [9.17, 15) is 24.6 Å². The van der Waals surface area contributed by atoms with Crippen LogP contribution < -0.4 is 19.7 Å². The Morgan fingerprint density at radius 1 is 0.885 bits per heavy atom. The van der Waals surface area contributed by atoms with Crippen LogP contribution in [0.25, 0.3) is 0 Å². The number of carbonyl (C=O) groups excluding carboxylic acids is 3. The molecule has 0 bridgehead atoms. The van der Waals surface area contributed by atoms with Crippen LogP contribution in [0.4, 0.5) is 5.69 Å². The Hall–Kier alpha value is -5.17. The molecule has 12 nitrogen and oxygen atoms in total. The summed E-state index contributed by atoms with van der Waals surface area (Å²) >= 11 is 0. The lowest BCUT2D eigenvalue weighted by Gasteiger charge is -2.36. The summed E-state index contributed by atoms with van der Waals surface area (Å²) in [6, 6.07) is 22.6. The summed E-state index contributed by atoms with van der Waals surface area (Å²) in [7, 11) is 0. The Balaban J connectivity index is 0.915. The molecule has 12 heteroatoms. The topological polar surface area (TPSA) is 154 Å². The summed E-state index contributed by atoms with van der Waals surface area (Å²) in [5, 5.41) is 22.8. The standard InChI is InChI=1S/C40H43N5O7/c1-24(46)36-41-18-16-28(42-36)23-52-31-11-6-27(7-12-31)40(2,3)26-4-9-30(10-5-26)51-22-25-17-19-44(21-25)29-8-13-32-33(20-29)39(50)45(38(32)49)34-14-15-35(47)43-37(34)48/h4-13,16,18,20,25,34-35,37,43,47-48H,14-15,17,19,21-23H2,1-3H3. The second kappa shape index (κ2) is 14.5. The quantitative estimate of drug-likeness (QED) is 0.150. The molecule has 2 saturated heterocycles. The van der Waals surface area contributed by atoms with E-state index in [1.165, 1.54) is 6.92 Å². The van der Waals surface area contributed by atoms with Crippen LogP contribution in [0.3, 0.4) is 0 Å². The monoisotopic (exact) mass is 705 g/mol. The number of benzene rings is 3. The van der Waals surface area contributed by atoms with Crippen LogP contribution in [0, 0.1) is 5.92 Å². The number of hydrogen-bond acceptors (Lipinski definition) is 11. The van der Waals surface area contributed by atoms with E-state index in [1.807, 2.05) is 30.3 Å². The number of aliphatic hydroxyl groups is 2. The van der Waals surface area contributed by atoms with Crippen LogP contribution in [-0.2, 0) is 12.0 Å². The van der Waals surface area contributed by atoms with Crippen molar-refractivity contribution in [2.75, 3.05) is 24.6 Å². The molecule has 4 unspecified atom stereocenters. The van der Waals surface area contributed by atoms with Crippen LogP contribution in [0.2, 0.25) is 0 Å². The molecule has 52 heavy (non-hydrogen) atoms. The highest BCUT2D eigenvalue weighted by atomic mass is 16.5. The molecule has 3 N–H and O–H groups in total. The number of amides is 2. The normalized spacial score (nSPS) is 21.7. The third-order valence-corrected chi connectivity index (χ3v) is 10.4. The van der Waals surface area contributed by atoms with E-state index in [0.29, 0.717) is 47.9 Å². The molecular weight excluding hydrogens is 662 g/mol. The number of ether oxygens (including phenoxy) is 2. The van der Waals surface area contributed by atoms with Crippen molar-refractivity contribution in [3.8, 4) is 11.5 Å². The predicted molar refractivity (Wildman–Crippen MR) is 192 cm³/mol. The molecule has 3 aliphatic heterocycles. The molecular formula is C40H43N5O7. The molecule has 4 atom stereocenters. The smallest absolute Gasteiger partial charge is 0.262 e. The van der Waals surface area contributed by atoms with E-state index in [2.05, 4.69) is 58.3 Å². The van der Waals surface area contributed by atoms with Gasteiger partial charge >= 0.3 is 0 Å². The minimum atomic E-state index is -1.18. The molecule has 1 aromatic heterocycles. The van der Waals surface area contributed by atoms with E-state index >= 15 is 0 Å². The molecule has 0 saturated carbocycles. The molecule has 0 radical (unpaired) electrons. The van der Waals surface area contributed by atoms with E-state index in [0.717, 1.165) is 47.0 Å². The van der Waals surface area contributed by atoms with Crippen LogP contribution in [0.1, 0.15) is 88.2 Å². The van der Waals surface area contributed by atoms with Crippen molar-refractivity contribution in [2.24, 2.45) is 5.92 Å². The van der Waals surface area contributed by atoms with Gasteiger partial charge in [0.25, 0.3) is 11.8 Å². The zero-order valence-electron chi connectivity index (χ0n) is 29.5. The maximum Gasteiger partial charge on any atom is 0.262 e. The first kappa shape index (κ1) is 35.2. The number of piperidine rings is 1. The van der Waals surface area contributed by atoms with E-state index in [-0.39, 0.29) is 23.6 Å². The SMILES string of the molecule is CC(=O)c1nccc(COc2ccc(C(C)(C)c3ccc(OCC4CCN(c5ccc6c(c5)C(=O)N(C5CCC(O)NC5O)C6=O)C4)cc3)cc2)n1. The number of hydrogen-bond donors (Lipinski definition) is 3. The number of ketones is 1. The highest BCUT2D eigenvalue weighted by molar-refractivity contribution is 6.22. The maximum absolute atomic E-state index is 13.3. The first-order chi connectivity index (χ1) is 25.0. The average Bonchev–Trinajstić information content (AvgIpc) is 3.72. The maximum atomic E-state index is 13.3. The van der Waals surface area contributed by atoms with Gasteiger partial charge in [0.1, 0.15) is 30.6 Å². The molecule has 3 aliphatic rings. The molecule has 4 aromatic rings. The third-order valence-electron chi connectivity index (χ3n) is 10.4. The predicted octanol–water partition coefficient (Wildman–Crippen LogP) is 4.47. The van der Waals surface area contributed by atoms with Crippen LogP contribution in [-0.4, -0.2) is 80.9 Å². The number of rotatable bonds is 11. The Morgan fingerprint density at radius 3 is 2.23 bits per heavy atom. The summed E-state index contributed by atoms with van der Waals surface area (Å²) in [5.74, 6) is 0.959. The first-order valence-corrected chi connectivity index (χ1v) is 17.7. The summed E-state index contributed by atoms with van der Waals surface area (Å²) < 4.78 is 12.1. The van der Waals surface area contributed by atoms with Crippen LogP contribution in [0.15, 0.2) is 79.0 Å². The Morgan fingerprint density at radius 2 is 1.56 bits per heavy atom. The fourth-order valence-electron chi connectivity index (χ4n) is 7.22. The van der Waals surface area contributed by atoms with Gasteiger partial charge in [-0.1, -0.05) is 38.1 Å². The van der Waals surface area contributed by atoms with Gasteiger partial charge in [0.05, 0.1) is 29.5 Å². The number of carbonyl (C=O) groups is 3. The number of nitrogens with zero attached hydrogens (tertiary/aromatic N) is 4. The summed E-state index contributed by atoms with van der Waals surface area (Å²) in [4.78, 5) is 49.6. The van der Waals surface area contributed by atoms with Crippen molar-refractivity contribution < 1.29 is 34.1 Å². The van der Waals surface area contributed by atoms with Crippen LogP contribution >= 0.6 is 0 Å². The highest BCUT2D eigenvalue weighted by Gasteiger charge is 2.44. The molecule has 2 fully saturated rings. The van der Waals surface area contributed by atoms with Crippen molar-refractivity contribution in [3.63, 3.8) is 0 Å². The summed E-state index contributed by atoms with van der Waals surface area (Å²) in [6.07, 6.45) is 1.11.